The molecule has 0 bridgehead atoms. The van der Waals surface area contributed by atoms with Crippen molar-refractivity contribution < 1.29 is 8.79 Å². The number of hydroxylamine groups is 2. The Balaban J connectivity index is 1.77. The molecular formula is C15H15NO2S. The van der Waals surface area contributed by atoms with E-state index in [1.165, 1.54) is 11.9 Å². The predicted molar refractivity (Wildman–Crippen MR) is 76.3 cm³/mol. The lowest BCUT2D eigenvalue weighted by atomic mass is 10.2. The monoisotopic (exact) mass is 273 g/mol. The quantitative estimate of drug-likeness (QED) is 0.485. The summed E-state index contributed by atoms with van der Waals surface area (Å²) >= 11 is 1.39. The van der Waals surface area contributed by atoms with Crippen molar-refractivity contribution in [1.29, 1.82) is 0 Å². The summed E-state index contributed by atoms with van der Waals surface area (Å²) in [7, 11) is 1.64. The number of hydrogen-bond acceptors (Lipinski definition) is 3. The number of benzene rings is 2. The molecule has 3 rings (SSSR count). The van der Waals surface area contributed by atoms with E-state index in [4.69, 9.17) is 4.74 Å². The largest absolute Gasteiger partial charge is 0.619 e. The third-order valence-electron chi connectivity index (χ3n) is 3.23. The van der Waals surface area contributed by atoms with Gasteiger partial charge in [-0.15, -0.1) is 0 Å². The molecule has 0 aromatic heterocycles. The summed E-state index contributed by atoms with van der Waals surface area (Å²) in [5.41, 5.74) is 2.19. The Bertz CT molecular complexity index is 558. The Kier molecular flexibility index (Phi) is 3.22. The second-order valence-electron chi connectivity index (χ2n) is 4.68. The van der Waals surface area contributed by atoms with Crippen LogP contribution in [-0.4, -0.2) is 11.2 Å². The molecule has 0 amide bonds. The van der Waals surface area contributed by atoms with Crippen molar-refractivity contribution in [2.75, 3.05) is 7.11 Å². The van der Waals surface area contributed by atoms with Crippen molar-refractivity contribution in [2.24, 2.45) is 0 Å². The highest BCUT2D eigenvalue weighted by molar-refractivity contribution is 7.94. The number of fused-ring (bicyclic) bond motifs is 1. The van der Waals surface area contributed by atoms with Gasteiger partial charge in [-0.25, -0.2) is 0 Å². The highest BCUT2D eigenvalue weighted by Crippen LogP contribution is 2.43. The summed E-state index contributed by atoms with van der Waals surface area (Å²) in [5, 5.41) is 12.8. The van der Waals surface area contributed by atoms with Crippen molar-refractivity contribution in [3.05, 3.63) is 64.9 Å². The van der Waals surface area contributed by atoms with Gasteiger partial charge in [0.2, 0.25) is 0 Å². The molecule has 4 heteroatoms. The van der Waals surface area contributed by atoms with E-state index in [-0.39, 0.29) is 4.05 Å². The number of hydrogen-bond donors (Lipinski definition) is 0. The van der Waals surface area contributed by atoms with Crippen LogP contribution in [-0.2, 0) is 13.1 Å². The molecule has 0 radical (unpaired) electrons. The van der Waals surface area contributed by atoms with Gasteiger partial charge in [0, 0.05) is 11.1 Å². The number of methoxy groups -OCH3 is 1. The smallest absolute Gasteiger partial charge is 0.118 e. The zero-order chi connectivity index (χ0) is 13.3. The molecule has 1 aliphatic heterocycles. The van der Waals surface area contributed by atoms with E-state index in [9.17, 15) is 5.21 Å². The first-order valence-corrected chi connectivity index (χ1v) is 6.94. The molecule has 0 N–H and O–H groups in total. The van der Waals surface area contributed by atoms with Gasteiger partial charge in [-0.3, -0.25) is 4.05 Å². The Morgan fingerprint density at radius 3 is 2.58 bits per heavy atom. The highest BCUT2D eigenvalue weighted by Gasteiger charge is 2.30. The van der Waals surface area contributed by atoms with E-state index >= 15 is 0 Å². The molecule has 0 saturated carbocycles. The number of quaternary nitrogens is 1. The summed E-state index contributed by atoms with van der Waals surface area (Å²) < 4.78 is 4.85. The summed E-state index contributed by atoms with van der Waals surface area (Å²) in [6.07, 6.45) is 0. The molecular weight excluding hydrogens is 258 g/mol. The van der Waals surface area contributed by atoms with Crippen molar-refractivity contribution in [3.63, 3.8) is 0 Å². The maximum atomic E-state index is 12.8. The summed E-state index contributed by atoms with van der Waals surface area (Å²) in [6, 6.07) is 15.7. The zero-order valence-electron chi connectivity index (χ0n) is 10.7. The molecule has 0 fully saturated rings. The fourth-order valence-electron chi connectivity index (χ4n) is 2.29. The van der Waals surface area contributed by atoms with Crippen LogP contribution in [0.4, 0.5) is 0 Å². The molecule has 19 heavy (non-hydrogen) atoms. The first kappa shape index (κ1) is 12.5. The van der Waals surface area contributed by atoms with Gasteiger partial charge in [-0.1, -0.05) is 18.2 Å². The molecule has 0 saturated heterocycles. The van der Waals surface area contributed by atoms with E-state index < -0.39 is 0 Å². The molecule has 2 aromatic rings. The van der Waals surface area contributed by atoms with E-state index in [1.807, 2.05) is 48.5 Å². The molecule has 1 unspecified atom stereocenters. The highest BCUT2D eigenvalue weighted by atomic mass is 32.2. The van der Waals surface area contributed by atoms with E-state index in [2.05, 4.69) is 0 Å². The second kappa shape index (κ2) is 4.89. The van der Waals surface area contributed by atoms with Gasteiger partial charge in [0.05, 0.1) is 12.0 Å². The maximum absolute atomic E-state index is 12.8. The molecule has 3 nitrogen and oxygen atoms in total. The van der Waals surface area contributed by atoms with Crippen LogP contribution in [0.25, 0.3) is 0 Å². The fraction of sp³-hybridized carbons (Fsp3) is 0.200. The molecule has 2 aromatic carbocycles. The third-order valence-corrected chi connectivity index (χ3v) is 4.42. The molecule has 1 heterocycles. The number of nitrogens with zero attached hydrogens (tertiary/aromatic N) is 1. The van der Waals surface area contributed by atoms with Crippen molar-refractivity contribution >= 4 is 11.9 Å². The Hall–Kier alpha value is -1.49. The van der Waals surface area contributed by atoms with Crippen LogP contribution in [0.3, 0.4) is 0 Å². The van der Waals surface area contributed by atoms with Crippen molar-refractivity contribution in [3.8, 4) is 5.75 Å². The molecule has 0 spiro atoms. The number of ether oxygens (including phenoxy) is 1. The van der Waals surface area contributed by atoms with Gasteiger partial charge in [0.15, 0.2) is 0 Å². The lowest BCUT2D eigenvalue weighted by Gasteiger charge is -2.35. The van der Waals surface area contributed by atoms with Crippen LogP contribution >= 0.6 is 11.9 Å². The Morgan fingerprint density at radius 2 is 1.89 bits per heavy atom. The Morgan fingerprint density at radius 1 is 1.16 bits per heavy atom. The van der Waals surface area contributed by atoms with E-state index in [1.54, 1.807) is 7.11 Å². The first-order valence-electron chi connectivity index (χ1n) is 6.17. The van der Waals surface area contributed by atoms with Gasteiger partial charge >= 0.3 is 0 Å². The van der Waals surface area contributed by atoms with Crippen molar-refractivity contribution in [1.82, 2.24) is 0 Å². The molecule has 1 atom stereocenters. The van der Waals surface area contributed by atoms with Crippen LogP contribution in [0, 0.1) is 5.21 Å². The second-order valence-corrected chi connectivity index (χ2v) is 5.97. The number of rotatable bonds is 3. The average molecular weight is 273 g/mol. The van der Waals surface area contributed by atoms with Crippen LogP contribution in [0.15, 0.2) is 53.4 Å². The van der Waals surface area contributed by atoms with Crippen LogP contribution in [0.5, 0.6) is 5.75 Å². The fourth-order valence-corrected chi connectivity index (χ4v) is 3.46. The molecule has 0 aliphatic carbocycles. The normalized spacial score (nSPS) is 21.2. The lowest BCUT2D eigenvalue weighted by Crippen LogP contribution is -2.29. The molecule has 98 valence electrons. The minimum absolute atomic E-state index is 0.272. The summed E-state index contributed by atoms with van der Waals surface area (Å²) in [4.78, 5) is 1.10. The van der Waals surface area contributed by atoms with Crippen molar-refractivity contribution in [2.45, 2.75) is 18.0 Å². The van der Waals surface area contributed by atoms with Gasteiger partial charge < -0.3 is 9.94 Å². The molecule has 1 aliphatic rings. The van der Waals surface area contributed by atoms with Crippen LogP contribution in [0.1, 0.15) is 11.1 Å². The topological polar surface area (TPSA) is 32.3 Å². The third kappa shape index (κ3) is 2.61. The predicted octanol–water partition coefficient (Wildman–Crippen LogP) is 3.73. The van der Waals surface area contributed by atoms with Gasteiger partial charge in [-0.05, 0) is 30.3 Å². The zero-order valence-corrected chi connectivity index (χ0v) is 11.5. The van der Waals surface area contributed by atoms with Gasteiger partial charge in [0.25, 0.3) is 0 Å². The van der Waals surface area contributed by atoms with E-state index in [0.717, 1.165) is 21.8 Å². The first-order chi connectivity index (χ1) is 9.18. The lowest BCUT2D eigenvalue weighted by molar-refractivity contribution is -0.767. The van der Waals surface area contributed by atoms with Crippen LogP contribution < -0.4 is 4.74 Å². The average Bonchev–Trinajstić information content (AvgIpc) is 2.75. The summed E-state index contributed by atoms with van der Waals surface area (Å²) in [5.74, 6) is 0.818. The summed E-state index contributed by atoms with van der Waals surface area (Å²) in [6.45, 7) is 1.01. The van der Waals surface area contributed by atoms with E-state index in [0.29, 0.717) is 13.1 Å². The Labute approximate surface area is 117 Å². The van der Waals surface area contributed by atoms with Gasteiger partial charge in [0.1, 0.15) is 30.8 Å². The van der Waals surface area contributed by atoms with Crippen LogP contribution in [0.2, 0.25) is 0 Å². The maximum Gasteiger partial charge on any atom is 0.118 e. The standard InChI is InChI=1S/C15H15NO2S/c1-18-14-8-6-12(7-9-14)10-16(17)11-13-4-2-3-5-15(13)19-16/h2-9H,10-11H2,1H3. The minimum Gasteiger partial charge on any atom is -0.619 e. The SMILES string of the molecule is COc1ccc(C[N+]2([O-])Cc3ccccc3S2)cc1. The van der Waals surface area contributed by atoms with Gasteiger partial charge in [-0.2, -0.15) is 0 Å². The minimum atomic E-state index is -0.272.